The first-order chi connectivity index (χ1) is 8.13. The summed E-state index contributed by atoms with van der Waals surface area (Å²) >= 11 is 4.70. The first-order valence-electron chi connectivity index (χ1n) is 5.35. The maximum atomic E-state index is 11.8. The van der Waals surface area contributed by atoms with Crippen LogP contribution in [0.15, 0.2) is 0 Å². The van der Waals surface area contributed by atoms with E-state index in [0.29, 0.717) is 0 Å². The van der Waals surface area contributed by atoms with Crippen molar-refractivity contribution in [2.45, 2.75) is 32.5 Å². The fourth-order valence-electron chi connectivity index (χ4n) is 1.22. The van der Waals surface area contributed by atoms with Gasteiger partial charge in [-0.3, -0.25) is 4.79 Å². The van der Waals surface area contributed by atoms with Gasteiger partial charge in [-0.05, 0) is 13.8 Å². The molecule has 18 heavy (non-hydrogen) atoms. The topological polar surface area (TPSA) is 55.6 Å². The first-order valence-corrected chi connectivity index (χ1v) is 5.76. The molecule has 0 radical (unpaired) electrons. The van der Waals surface area contributed by atoms with Crippen molar-refractivity contribution >= 4 is 23.1 Å². The van der Waals surface area contributed by atoms with Gasteiger partial charge in [0.1, 0.15) is 6.61 Å². The third-order valence-corrected chi connectivity index (χ3v) is 2.12. The molecule has 0 aliphatic rings. The minimum atomic E-state index is -4.38. The van der Waals surface area contributed by atoms with Gasteiger partial charge in [0.15, 0.2) is 0 Å². The van der Waals surface area contributed by atoms with Gasteiger partial charge in [-0.15, -0.1) is 0 Å². The van der Waals surface area contributed by atoms with Crippen LogP contribution >= 0.6 is 12.2 Å². The van der Waals surface area contributed by atoms with Gasteiger partial charge >= 0.3 is 6.18 Å². The Labute approximate surface area is 109 Å². The Kier molecular flexibility index (Phi) is 7.15. The standard InChI is InChI=1S/C10H17F3N2O2S/c1-7(2)15(5-8(14)18)9(16)3-4-17-6-10(11,12)13/h7H,3-6H2,1-2H3,(H2,14,18). The molecule has 0 saturated heterocycles. The average molecular weight is 286 g/mol. The van der Waals surface area contributed by atoms with Gasteiger partial charge in [0.25, 0.3) is 0 Å². The van der Waals surface area contributed by atoms with E-state index in [4.69, 9.17) is 18.0 Å². The van der Waals surface area contributed by atoms with Crippen LogP contribution in [0.5, 0.6) is 0 Å². The van der Waals surface area contributed by atoms with Crippen LogP contribution in [0.4, 0.5) is 13.2 Å². The lowest BCUT2D eigenvalue weighted by Crippen LogP contribution is -2.42. The summed E-state index contributed by atoms with van der Waals surface area (Å²) < 4.78 is 39.7. The molecular weight excluding hydrogens is 269 g/mol. The van der Waals surface area contributed by atoms with Crippen molar-refractivity contribution in [3.8, 4) is 0 Å². The summed E-state index contributed by atoms with van der Waals surface area (Å²) in [5, 5.41) is 0. The van der Waals surface area contributed by atoms with Crippen molar-refractivity contribution in [2.24, 2.45) is 5.73 Å². The second-order valence-corrected chi connectivity index (χ2v) is 4.52. The molecule has 0 rings (SSSR count). The van der Waals surface area contributed by atoms with Crippen LogP contribution in [0.3, 0.4) is 0 Å². The molecule has 0 unspecified atom stereocenters. The minimum Gasteiger partial charge on any atom is -0.392 e. The first kappa shape index (κ1) is 17.1. The summed E-state index contributed by atoms with van der Waals surface area (Å²) in [5.41, 5.74) is 5.34. The molecule has 8 heteroatoms. The Morgan fingerprint density at radius 2 is 2.00 bits per heavy atom. The lowest BCUT2D eigenvalue weighted by Gasteiger charge is -2.26. The van der Waals surface area contributed by atoms with Gasteiger partial charge in [-0.1, -0.05) is 12.2 Å². The van der Waals surface area contributed by atoms with Crippen LogP contribution < -0.4 is 5.73 Å². The van der Waals surface area contributed by atoms with E-state index in [-0.39, 0.29) is 36.5 Å². The van der Waals surface area contributed by atoms with Crippen molar-refractivity contribution in [1.82, 2.24) is 4.90 Å². The number of carbonyl (C=O) groups is 1. The number of hydrogen-bond acceptors (Lipinski definition) is 3. The van der Waals surface area contributed by atoms with Crippen molar-refractivity contribution < 1.29 is 22.7 Å². The van der Waals surface area contributed by atoms with E-state index in [0.717, 1.165) is 0 Å². The number of halogens is 3. The zero-order chi connectivity index (χ0) is 14.3. The molecule has 0 atom stereocenters. The van der Waals surface area contributed by atoms with Crippen molar-refractivity contribution in [2.75, 3.05) is 19.8 Å². The Balaban J connectivity index is 4.08. The fraction of sp³-hybridized carbons (Fsp3) is 0.800. The van der Waals surface area contributed by atoms with E-state index < -0.39 is 12.8 Å². The number of hydrogen-bond donors (Lipinski definition) is 1. The number of alkyl halides is 3. The summed E-state index contributed by atoms with van der Waals surface area (Å²) in [5.74, 6) is -0.333. The molecule has 0 aromatic heterocycles. The molecule has 1 amide bonds. The highest BCUT2D eigenvalue weighted by molar-refractivity contribution is 7.80. The molecule has 0 fully saturated rings. The van der Waals surface area contributed by atoms with Crippen LogP contribution in [0.2, 0.25) is 0 Å². The van der Waals surface area contributed by atoms with Gasteiger partial charge in [0, 0.05) is 6.04 Å². The highest BCUT2D eigenvalue weighted by Crippen LogP contribution is 2.14. The summed E-state index contributed by atoms with van der Waals surface area (Å²) in [4.78, 5) is 13.3. The molecule has 4 nitrogen and oxygen atoms in total. The van der Waals surface area contributed by atoms with E-state index in [9.17, 15) is 18.0 Å². The molecule has 0 aromatic carbocycles. The highest BCUT2D eigenvalue weighted by Gasteiger charge is 2.27. The molecule has 0 heterocycles. The zero-order valence-corrected chi connectivity index (χ0v) is 11.1. The van der Waals surface area contributed by atoms with Crippen LogP contribution in [0.1, 0.15) is 20.3 Å². The molecule has 0 spiro atoms. The predicted molar refractivity (Wildman–Crippen MR) is 65.1 cm³/mol. The molecule has 0 aromatic rings. The predicted octanol–water partition coefficient (Wildman–Crippen LogP) is 1.48. The van der Waals surface area contributed by atoms with Crippen LogP contribution in [0, 0.1) is 0 Å². The third kappa shape index (κ3) is 8.24. The van der Waals surface area contributed by atoms with E-state index in [1.54, 1.807) is 13.8 Å². The summed E-state index contributed by atoms with van der Waals surface area (Å²) in [6.45, 7) is 2.03. The Morgan fingerprint density at radius 3 is 2.39 bits per heavy atom. The number of nitrogens with two attached hydrogens (primary N) is 1. The van der Waals surface area contributed by atoms with E-state index in [1.165, 1.54) is 4.90 Å². The average Bonchev–Trinajstić information content (AvgIpc) is 2.18. The van der Waals surface area contributed by atoms with Gasteiger partial charge in [0.2, 0.25) is 5.91 Å². The molecule has 0 bridgehead atoms. The number of thiocarbonyl (C=S) groups is 1. The Bertz CT molecular complexity index is 295. The fourth-order valence-corrected chi connectivity index (χ4v) is 1.36. The zero-order valence-electron chi connectivity index (χ0n) is 10.3. The number of amides is 1. The monoisotopic (exact) mass is 286 g/mol. The maximum absolute atomic E-state index is 11.8. The minimum absolute atomic E-state index is 0.116. The number of ether oxygens (including phenoxy) is 1. The number of rotatable bonds is 7. The van der Waals surface area contributed by atoms with Crippen molar-refractivity contribution in [3.63, 3.8) is 0 Å². The molecule has 0 saturated carbocycles. The quantitative estimate of drug-likeness (QED) is 0.569. The molecule has 0 aliphatic heterocycles. The number of nitrogens with zero attached hydrogens (tertiary/aromatic N) is 1. The second-order valence-electron chi connectivity index (χ2n) is 4.00. The molecule has 106 valence electrons. The van der Waals surface area contributed by atoms with E-state index in [1.807, 2.05) is 0 Å². The van der Waals surface area contributed by atoms with Crippen molar-refractivity contribution in [3.05, 3.63) is 0 Å². The Hall–Kier alpha value is -0.890. The SMILES string of the molecule is CC(C)N(CC(N)=S)C(=O)CCOCC(F)(F)F. The Morgan fingerprint density at radius 1 is 1.44 bits per heavy atom. The normalized spacial score (nSPS) is 11.7. The second kappa shape index (κ2) is 7.52. The van der Waals surface area contributed by atoms with E-state index in [2.05, 4.69) is 4.74 Å². The summed E-state index contributed by atoms with van der Waals surface area (Å²) in [6, 6.07) is -0.124. The third-order valence-electron chi connectivity index (χ3n) is 2.00. The van der Waals surface area contributed by atoms with Gasteiger partial charge in [-0.2, -0.15) is 13.2 Å². The van der Waals surface area contributed by atoms with Crippen LogP contribution in [0.25, 0.3) is 0 Å². The van der Waals surface area contributed by atoms with Crippen molar-refractivity contribution in [1.29, 1.82) is 0 Å². The largest absolute Gasteiger partial charge is 0.411 e. The lowest BCUT2D eigenvalue weighted by molar-refractivity contribution is -0.175. The van der Waals surface area contributed by atoms with Crippen LogP contribution in [-0.4, -0.2) is 47.8 Å². The molecule has 2 N–H and O–H groups in total. The highest BCUT2D eigenvalue weighted by atomic mass is 32.1. The molecule has 0 aliphatic carbocycles. The molecular formula is C10H17F3N2O2S. The summed E-state index contributed by atoms with van der Waals surface area (Å²) in [7, 11) is 0. The van der Waals surface area contributed by atoms with E-state index >= 15 is 0 Å². The van der Waals surface area contributed by atoms with Crippen LogP contribution in [-0.2, 0) is 9.53 Å². The van der Waals surface area contributed by atoms with Gasteiger partial charge in [0.05, 0.1) is 24.6 Å². The maximum Gasteiger partial charge on any atom is 0.411 e. The van der Waals surface area contributed by atoms with Gasteiger partial charge in [-0.25, -0.2) is 0 Å². The lowest BCUT2D eigenvalue weighted by atomic mass is 10.2. The number of carbonyl (C=O) groups excluding carboxylic acids is 1. The summed E-state index contributed by atoms with van der Waals surface area (Å²) in [6.07, 6.45) is -4.50. The smallest absolute Gasteiger partial charge is 0.392 e. The van der Waals surface area contributed by atoms with Gasteiger partial charge < -0.3 is 15.4 Å².